The van der Waals surface area contributed by atoms with Gasteiger partial charge in [0.1, 0.15) is 0 Å². The number of hydrogen-bond acceptors (Lipinski definition) is 1. The van der Waals surface area contributed by atoms with E-state index in [1.807, 2.05) is 6.08 Å². The van der Waals surface area contributed by atoms with E-state index in [-0.39, 0.29) is 6.10 Å². The zero-order valence-electron chi connectivity index (χ0n) is 7.29. The maximum atomic E-state index is 9.05. The van der Waals surface area contributed by atoms with Crippen molar-refractivity contribution in [3.63, 3.8) is 0 Å². The van der Waals surface area contributed by atoms with Crippen LogP contribution in [0.15, 0.2) is 24.8 Å². The van der Waals surface area contributed by atoms with Crippen LogP contribution in [0.5, 0.6) is 0 Å². The molecule has 1 nitrogen and oxygen atoms in total. The first kappa shape index (κ1) is 10.4. The third kappa shape index (κ3) is 7.34. The summed E-state index contributed by atoms with van der Waals surface area (Å²) in [4.78, 5) is 0. The smallest absolute Gasteiger partial charge is 0.0752 e. The lowest BCUT2D eigenvalue weighted by Gasteiger charge is -1.97. The summed E-state index contributed by atoms with van der Waals surface area (Å²) in [6.07, 6.45) is 9.62. The topological polar surface area (TPSA) is 20.2 Å². The Labute approximate surface area is 69.4 Å². The van der Waals surface area contributed by atoms with E-state index in [1.165, 1.54) is 12.8 Å². The number of aliphatic hydroxyl groups excluding tert-OH is 1. The fourth-order valence-electron chi connectivity index (χ4n) is 0.772. The Bertz CT molecular complexity index is 116. The molecule has 0 amide bonds. The van der Waals surface area contributed by atoms with E-state index in [4.69, 9.17) is 5.11 Å². The molecule has 0 saturated carbocycles. The normalized spacial score (nSPS) is 13.6. The monoisotopic (exact) mass is 154 g/mol. The molecule has 0 aliphatic heterocycles. The molecular formula is C10H18O. The second-order valence-corrected chi connectivity index (χ2v) is 2.65. The van der Waals surface area contributed by atoms with Crippen molar-refractivity contribution in [1.29, 1.82) is 0 Å². The fraction of sp³-hybridized carbons (Fsp3) is 0.600. The predicted octanol–water partition coefficient (Wildman–Crippen LogP) is 2.67. The van der Waals surface area contributed by atoms with Crippen LogP contribution in [0.4, 0.5) is 0 Å². The molecule has 0 aromatic carbocycles. The molecule has 0 aliphatic rings. The first-order valence-corrected chi connectivity index (χ1v) is 4.26. The van der Waals surface area contributed by atoms with Gasteiger partial charge in [0.15, 0.2) is 0 Å². The molecule has 0 rings (SSSR count). The Morgan fingerprint density at radius 2 is 2.18 bits per heavy atom. The first-order valence-electron chi connectivity index (χ1n) is 4.26. The van der Waals surface area contributed by atoms with Crippen LogP contribution in [0, 0.1) is 0 Å². The highest BCUT2D eigenvalue weighted by molar-refractivity contribution is 4.89. The first-order chi connectivity index (χ1) is 5.31. The summed E-state index contributed by atoms with van der Waals surface area (Å²) < 4.78 is 0. The van der Waals surface area contributed by atoms with Gasteiger partial charge in [-0.1, -0.05) is 38.0 Å². The molecule has 0 radical (unpaired) electrons. The number of rotatable bonds is 6. The van der Waals surface area contributed by atoms with Gasteiger partial charge in [0.25, 0.3) is 0 Å². The Morgan fingerprint density at radius 3 is 2.73 bits per heavy atom. The molecule has 0 aromatic heterocycles. The summed E-state index contributed by atoms with van der Waals surface area (Å²) in [5.74, 6) is 0. The maximum absolute atomic E-state index is 9.05. The van der Waals surface area contributed by atoms with Gasteiger partial charge in [0.05, 0.1) is 6.10 Å². The SMILES string of the molecule is C=C[C@H](O)C/C=C\CCCC. The summed E-state index contributed by atoms with van der Waals surface area (Å²) in [6, 6.07) is 0. The Morgan fingerprint density at radius 1 is 1.45 bits per heavy atom. The van der Waals surface area contributed by atoms with Crippen molar-refractivity contribution in [1.82, 2.24) is 0 Å². The van der Waals surface area contributed by atoms with Gasteiger partial charge < -0.3 is 5.11 Å². The average Bonchev–Trinajstić information content (AvgIpc) is 2.04. The van der Waals surface area contributed by atoms with E-state index in [0.717, 1.165) is 6.42 Å². The summed E-state index contributed by atoms with van der Waals surface area (Å²) in [6.45, 7) is 5.66. The average molecular weight is 154 g/mol. The predicted molar refractivity (Wildman–Crippen MR) is 49.5 cm³/mol. The molecule has 11 heavy (non-hydrogen) atoms. The lowest BCUT2D eigenvalue weighted by Crippen LogP contribution is -1.97. The molecule has 0 heterocycles. The van der Waals surface area contributed by atoms with E-state index >= 15 is 0 Å². The van der Waals surface area contributed by atoms with Crippen molar-refractivity contribution in [2.45, 2.75) is 38.7 Å². The molecular weight excluding hydrogens is 136 g/mol. The quantitative estimate of drug-likeness (QED) is 0.460. The largest absolute Gasteiger partial charge is 0.389 e. The van der Waals surface area contributed by atoms with E-state index < -0.39 is 0 Å². The molecule has 0 bridgehead atoms. The standard InChI is InChI=1S/C10H18O/c1-3-5-6-7-8-9-10(11)4-2/h4,7-8,10-11H,2-3,5-6,9H2,1H3/b8-7-/t10-/m0/s1. The highest BCUT2D eigenvalue weighted by Gasteiger charge is 1.90. The van der Waals surface area contributed by atoms with E-state index in [0.29, 0.717) is 6.42 Å². The molecule has 0 saturated heterocycles. The van der Waals surface area contributed by atoms with Crippen LogP contribution in [0.1, 0.15) is 32.6 Å². The maximum Gasteiger partial charge on any atom is 0.0752 e. The van der Waals surface area contributed by atoms with Crippen molar-refractivity contribution in [2.24, 2.45) is 0 Å². The van der Waals surface area contributed by atoms with Crippen LogP contribution >= 0.6 is 0 Å². The number of unbranched alkanes of at least 4 members (excludes halogenated alkanes) is 2. The van der Waals surface area contributed by atoms with E-state index in [9.17, 15) is 0 Å². The lowest BCUT2D eigenvalue weighted by molar-refractivity contribution is 0.227. The van der Waals surface area contributed by atoms with Crippen LogP contribution in [-0.2, 0) is 0 Å². The van der Waals surface area contributed by atoms with Crippen molar-refractivity contribution in [2.75, 3.05) is 0 Å². The van der Waals surface area contributed by atoms with Gasteiger partial charge in [0, 0.05) is 0 Å². The van der Waals surface area contributed by atoms with Gasteiger partial charge in [0.2, 0.25) is 0 Å². The third-order valence-electron chi connectivity index (χ3n) is 1.54. The van der Waals surface area contributed by atoms with E-state index in [2.05, 4.69) is 19.6 Å². The van der Waals surface area contributed by atoms with Crippen molar-refractivity contribution in [3.05, 3.63) is 24.8 Å². The Hall–Kier alpha value is -0.560. The van der Waals surface area contributed by atoms with Crippen LogP contribution in [0.3, 0.4) is 0 Å². The Balaban J connectivity index is 3.21. The zero-order valence-corrected chi connectivity index (χ0v) is 7.29. The summed E-state index contributed by atoms with van der Waals surface area (Å²) in [5.41, 5.74) is 0. The summed E-state index contributed by atoms with van der Waals surface area (Å²) in [5, 5.41) is 9.05. The van der Waals surface area contributed by atoms with Crippen LogP contribution in [0.2, 0.25) is 0 Å². The van der Waals surface area contributed by atoms with Gasteiger partial charge >= 0.3 is 0 Å². The van der Waals surface area contributed by atoms with Crippen LogP contribution in [-0.4, -0.2) is 11.2 Å². The number of allylic oxidation sites excluding steroid dienone is 1. The van der Waals surface area contributed by atoms with Crippen molar-refractivity contribution < 1.29 is 5.11 Å². The zero-order chi connectivity index (χ0) is 8.53. The Kier molecular flexibility index (Phi) is 7.16. The second kappa shape index (κ2) is 7.55. The van der Waals surface area contributed by atoms with Crippen LogP contribution in [0.25, 0.3) is 0 Å². The van der Waals surface area contributed by atoms with Gasteiger partial charge in [-0.15, -0.1) is 6.58 Å². The highest BCUT2D eigenvalue weighted by atomic mass is 16.3. The van der Waals surface area contributed by atoms with Gasteiger partial charge in [-0.3, -0.25) is 0 Å². The molecule has 1 atom stereocenters. The fourth-order valence-corrected chi connectivity index (χ4v) is 0.772. The summed E-state index contributed by atoms with van der Waals surface area (Å²) in [7, 11) is 0. The molecule has 0 aromatic rings. The second-order valence-electron chi connectivity index (χ2n) is 2.65. The summed E-state index contributed by atoms with van der Waals surface area (Å²) >= 11 is 0. The minimum Gasteiger partial charge on any atom is -0.389 e. The molecule has 0 fully saturated rings. The highest BCUT2D eigenvalue weighted by Crippen LogP contribution is 1.98. The van der Waals surface area contributed by atoms with Crippen molar-refractivity contribution >= 4 is 0 Å². The lowest BCUT2D eigenvalue weighted by atomic mass is 10.2. The van der Waals surface area contributed by atoms with Crippen LogP contribution < -0.4 is 0 Å². The minimum absolute atomic E-state index is 0.368. The van der Waals surface area contributed by atoms with Crippen molar-refractivity contribution in [3.8, 4) is 0 Å². The number of hydrogen-bond donors (Lipinski definition) is 1. The third-order valence-corrected chi connectivity index (χ3v) is 1.54. The van der Waals surface area contributed by atoms with Gasteiger partial charge in [-0.2, -0.15) is 0 Å². The number of aliphatic hydroxyl groups is 1. The molecule has 0 aliphatic carbocycles. The van der Waals surface area contributed by atoms with E-state index in [1.54, 1.807) is 6.08 Å². The molecule has 1 heteroatoms. The minimum atomic E-state index is -0.368. The molecule has 0 unspecified atom stereocenters. The molecule has 0 spiro atoms. The van der Waals surface area contributed by atoms with Gasteiger partial charge in [-0.25, -0.2) is 0 Å². The molecule has 1 N–H and O–H groups in total. The van der Waals surface area contributed by atoms with Gasteiger partial charge in [-0.05, 0) is 12.8 Å². The molecule has 64 valence electrons.